The first kappa shape index (κ1) is 20.2. The summed E-state index contributed by atoms with van der Waals surface area (Å²) >= 11 is 0. The van der Waals surface area contributed by atoms with Crippen molar-refractivity contribution >= 4 is 11.6 Å². The van der Waals surface area contributed by atoms with Crippen molar-refractivity contribution in [1.82, 2.24) is 10.2 Å². The van der Waals surface area contributed by atoms with Crippen LogP contribution in [0.3, 0.4) is 0 Å². The summed E-state index contributed by atoms with van der Waals surface area (Å²) in [6.07, 6.45) is 3.72. The molecule has 28 heavy (non-hydrogen) atoms. The fourth-order valence-corrected chi connectivity index (χ4v) is 3.80. The maximum Gasteiger partial charge on any atom is 0.255 e. The van der Waals surface area contributed by atoms with Crippen molar-refractivity contribution in [3.05, 3.63) is 59.7 Å². The van der Waals surface area contributed by atoms with Crippen molar-refractivity contribution in [2.24, 2.45) is 0 Å². The molecule has 1 heterocycles. The number of nitrogens with zero attached hydrogens (tertiary/aromatic N) is 2. The molecule has 1 fully saturated rings. The zero-order chi connectivity index (χ0) is 19.9. The lowest BCUT2D eigenvalue weighted by Crippen LogP contribution is -2.40. The van der Waals surface area contributed by atoms with Crippen LogP contribution < -0.4 is 15.0 Å². The van der Waals surface area contributed by atoms with Crippen LogP contribution in [0.25, 0.3) is 0 Å². The molecule has 0 aliphatic carbocycles. The normalized spacial score (nSPS) is 15.7. The maximum absolute atomic E-state index is 12.8. The Hall–Kier alpha value is -2.53. The van der Waals surface area contributed by atoms with Gasteiger partial charge < -0.3 is 15.0 Å². The number of hydrogen-bond donors (Lipinski definition) is 1. The number of likely N-dealkylation sites (tertiary alicyclic amines) is 1. The highest BCUT2D eigenvalue weighted by atomic mass is 16.5. The zero-order valence-corrected chi connectivity index (χ0v) is 17.1. The number of rotatable bonds is 7. The van der Waals surface area contributed by atoms with Crippen molar-refractivity contribution in [1.29, 1.82) is 0 Å². The Morgan fingerprint density at radius 3 is 2.39 bits per heavy atom. The van der Waals surface area contributed by atoms with Gasteiger partial charge in [-0.05, 0) is 55.8 Å². The molecule has 0 saturated carbocycles. The average Bonchev–Trinajstić information content (AvgIpc) is 2.74. The first-order valence-corrected chi connectivity index (χ1v) is 10.0. The molecule has 2 aromatic rings. The SMILES string of the molecule is COc1ccccc1C(=O)NCC(c1ccc(N(C)C)cc1)N1CCCCC1. The van der Waals surface area contributed by atoms with Gasteiger partial charge in [0.2, 0.25) is 0 Å². The molecule has 1 saturated heterocycles. The molecule has 5 nitrogen and oxygen atoms in total. The van der Waals surface area contributed by atoms with Gasteiger partial charge in [0.25, 0.3) is 5.91 Å². The van der Waals surface area contributed by atoms with Crippen molar-refractivity contribution in [3.8, 4) is 5.75 Å². The summed E-state index contributed by atoms with van der Waals surface area (Å²) in [5.41, 5.74) is 3.00. The number of carbonyl (C=O) groups excluding carboxylic acids is 1. The molecule has 1 amide bonds. The molecule has 150 valence electrons. The van der Waals surface area contributed by atoms with E-state index >= 15 is 0 Å². The Labute approximate surface area is 168 Å². The topological polar surface area (TPSA) is 44.8 Å². The van der Waals surface area contributed by atoms with Crippen molar-refractivity contribution < 1.29 is 9.53 Å². The summed E-state index contributed by atoms with van der Waals surface area (Å²) in [4.78, 5) is 17.4. The van der Waals surface area contributed by atoms with Crippen LogP contribution in [0.1, 0.15) is 41.2 Å². The van der Waals surface area contributed by atoms with Crippen LogP contribution in [-0.4, -0.2) is 51.6 Å². The van der Waals surface area contributed by atoms with Crippen LogP contribution >= 0.6 is 0 Å². The lowest BCUT2D eigenvalue weighted by Gasteiger charge is -2.35. The largest absolute Gasteiger partial charge is 0.496 e. The van der Waals surface area contributed by atoms with E-state index in [0.29, 0.717) is 17.9 Å². The fourth-order valence-electron chi connectivity index (χ4n) is 3.80. The van der Waals surface area contributed by atoms with Crippen LogP contribution in [-0.2, 0) is 0 Å². The summed E-state index contributed by atoms with van der Waals surface area (Å²) in [6.45, 7) is 2.73. The highest BCUT2D eigenvalue weighted by molar-refractivity contribution is 5.96. The predicted octanol–water partition coefficient (Wildman–Crippen LogP) is 3.72. The van der Waals surface area contributed by atoms with Gasteiger partial charge in [-0.3, -0.25) is 9.69 Å². The first-order chi connectivity index (χ1) is 13.6. The molecular weight excluding hydrogens is 350 g/mol. The number of carbonyl (C=O) groups is 1. The van der Waals surface area contributed by atoms with Gasteiger partial charge in [0, 0.05) is 26.3 Å². The smallest absolute Gasteiger partial charge is 0.255 e. The molecule has 1 N–H and O–H groups in total. The average molecular weight is 382 g/mol. The molecule has 1 unspecified atom stereocenters. The molecule has 1 aliphatic heterocycles. The van der Waals surface area contributed by atoms with E-state index < -0.39 is 0 Å². The van der Waals surface area contributed by atoms with Crippen LogP contribution in [0.5, 0.6) is 5.75 Å². The van der Waals surface area contributed by atoms with Gasteiger partial charge in [0.05, 0.1) is 18.7 Å². The van der Waals surface area contributed by atoms with Crippen LogP contribution in [0.4, 0.5) is 5.69 Å². The van der Waals surface area contributed by atoms with E-state index in [2.05, 4.69) is 39.4 Å². The third kappa shape index (κ3) is 4.84. The van der Waals surface area contributed by atoms with Crippen molar-refractivity contribution in [2.75, 3.05) is 45.7 Å². The summed E-state index contributed by atoms with van der Waals surface area (Å²) in [5.74, 6) is 0.509. The molecule has 3 rings (SSSR count). The minimum atomic E-state index is -0.0932. The van der Waals surface area contributed by atoms with Crippen LogP contribution in [0, 0.1) is 0 Å². The number of ether oxygens (including phenoxy) is 1. The third-order valence-corrected chi connectivity index (χ3v) is 5.43. The molecule has 1 aliphatic rings. The van der Waals surface area contributed by atoms with Crippen molar-refractivity contribution in [3.63, 3.8) is 0 Å². The highest BCUT2D eigenvalue weighted by Gasteiger charge is 2.23. The summed E-state index contributed by atoms with van der Waals surface area (Å²) in [6, 6.07) is 16.2. The number of hydrogen-bond acceptors (Lipinski definition) is 4. The molecule has 0 radical (unpaired) electrons. The second kappa shape index (κ2) is 9.60. The predicted molar refractivity (Wildman–Crippen MR) is 114 cm³/mol. The van der Waals surface area contributed by atoms with E-state index in [1.165, 1.54) is 30.5 Å². The number of methoxy groups -OCH3 is 1. The molecule has 5 heteroatoms. The van der Waals surface area contributed by atoms with Gasteiger partial charge in [0.1, 0.15) is 5.75 Å². The van der Waals surface area contributed by atoms with E-state index in [1.807, 2.05) is 32.3 Å². The molecule has 2 aromatic carbocycles. The number of para-hydroxylation sites is 1. The Morgan fingerprint density at radius 1 is 1.07 bits per heavy atom. The van der Waals surface area contributed by atoms with Gasteiger partial charge in [-0.1, -0.05) is 30.7 Å². The first-order valence-electron chi connectivity index (χ1n) is 10.0. The molecule has 0 spiro atoms. The Bertz CT molecular complexity index is 768. The van der Waals surface area contributed by atoms with Crippen LogP contribution in [0.2, 0.25) is 0 Å². The van der Waals surface area contributed by atoms with E-state index in [4.69, 9.17) is 4.74 Å². The second-order valence-corrected chi connectivity index (χ2v) is 7.51. The number of anilines is 1. The summed E-state index contributed by atoms with van der Waals surface area (Å²) in [7, 11) is 5.68. The number of piperidine rings is 1. The fraction of sp³-hybridized carbons (Fsp3) is 0.435. The molecule has 1 atom stereocenters. The lowest BCUT2D eigenvalue weighted by molar-refractivity contribution is 0.0921. The van der Waals surface area contributed by atoms with Gasteiger partial charge in [0.15, 0.2) is 0 Å². The molecule has 0 bridgehead atoms. The standard InChI is InChI=1S/C23H31N3O2/c1-25(2)19-13-11-18(12-14-19)21(26-15-7-4-8-16-26)17-24-23(27)20-9-5-6-10-22(20)28-3/h5-6,9-14,21H,4,7-8,15-17H2,1-3H3,(H,24,27). The van der Waals surface area contributed by atoms with E-state index in [9.17, 15) is 4.79 Å². The Kier molecular flexibility index (Phi) is 6.93. The van der Waals surface area contributed by atoms with Crippen LogP contribution in [0.15, 0.2) is 48.5 Å². The highest BCUT2D eigenvalue weighted by Crippen LogP contribution is 2.26. The van der Waals surface area contributed by atoms with Gasteiger partial charge >= 0.3 is 0 Å². The zero-order valence-electron chi connectivity index (χ0n) is 17.1. The van der Waals surface area contributed by atoms with Gasteiger partial charge in [-0.25, -0.2) is 0 Å². The van der Waals surface area contributed by atoms with Gasteiger partial charge in [-0.2, -0.15) is 0 Å². The lowest BCUT2D eigenvalue weighted by atomic mass is 10.0. The van der Waals surface area contributed by atoms with E-state index in [-0.39, 0.29) is 11.9 Å². The Morgan fingerprint density at radius 2 is 1.75 bits per heavy atom. The summed E-state index contributed by atoms with van der Waals surface area (Å²) in [5, 5.41) is 3.14. The number of benzene rings is 2. The molecule has 0 aromatic heterocycles. The number of amides is 1. The van der Waals surface area contributed by atoms with Gasteiger partial charge in [-0.15, -0.1) is 0 Å². The second-order valence-electron chi connectivity index (χ2n) is 7.51. The minimum Gasteiger partial charge on any atom is -0.496 e. The number of nitrogens with one attached hydrogen (secondary N) is 1. The van der Waals surface area contributed by atoms with E-state index in [0.717, 1.165) is 13.1 Å². The van der Waals surface area contributed by atoms with E-state index in [1.54, 1.807) is 13.2 Å². The quantitative estimate of drug-likeness (QED) is 0.794. The summed E-state index contributed by atoms with van der Waals surface area (Å²) < 4.78 is 5.33. The van der Waals surface area contributed by atoms with Crippen molar-refractivity contribution in [2.45, 2.75) is 25.3 Å². The minimum absolute atomic E-state index is 0.0932. The maximum atomic E-state index is 12.8. The Balaban J connectivity index is 1.76. The molecular formula is C23H31N3O2. The monoisotopic (exact) mass is 381 g/mol. The third-order valence-electron chi connectivity index (χ3n) is 5.43.